The summed E-state index contributed by atoms with van der Waals surface area (Å²) in [5, 5.41) is 3.37. The molecule has 0 heterocycles. The Hall–Kier alpha value is -0.670. The molecule has 0 spiro atoms. The maximum Gasteiger partial charge on any atom is 0.119 e. The fourth-order valence-electron chi connectivity index (χ4n) is 1.38. The van der Waals surface area contributed by atoms with Gasteiger partial charge in [0.25, 0.3) is 0 Å². The molecule has 0 saturated heterocycles. The van der Waals surface area contributed by atoms with E-state index in [0.717, 1.165) is 24.6 Å². The topological polar surface area (TPSA) is 21.3 Å². The molecule has 2 nitrogen and oxygen atoms in total. The van der Waals surface area contributed by atoms with Crippen LogP contribution in [0, 0.1) is 5.92 Å². The lowest BCUT2D eigenvalue weighted by atomic mass is 10.2. The van der Waals surface area contributed by atoms with Gasteiger partial charge in [0.2, 0.25) is 0 Å². The number of hydrogen-bond donors (Lipinski definition) is 1. The lowest BCUT2D eigenvalue weighted by molar-refractivity contribution is 0.413. The molecule has 1 N–H and O–H groups in total. The minimum Gasteiger partial charge on any atom is -0.497 e. The first-order chi connectivity index (χ1) is 7.76. The molecule has 0 radical (unpaired) electrons. The molecular formula is C13H21NOS. The van der Waals surface area contributed by atoms with Crippen molar-refractivity contribution >= 4 is 11.8 Å². The van der Waals surface area contributed by atoms with Crippen LogP contribution in [0.5, 0.6) is 5.75 Å². The van der Waals surface area contributed by atoms with Crippen molar-refractivity contribution < 1.29 is 4.74 Å². The monoisotopic (exact) mass is 239 g/mol. The molecule has 3 heteroatoms. The number of nitrogens with one attached hydrogen (secondary N) is 1. The lowest BCUT2D eigenvalue weighted by Gasteiger charge is -2.11. The summed E-state index contributed by atoms with van der Waals surface area (Å²) in [6.07, 6.45) is 0. The smallest absolute Gasteiger partial charge is 0.119 e. The van der Waals surface area contributed by atoms with Gasteiger partial charge in [-0.2, -0.15) is 0 Å². The molecule has 0 aliphatic carbocycles. The number of thioether (sulfide) groups is 1. The molecule has 0 aliphatic rings. The van der Waals surface area contributed by atoms with Gasteiger partial charge in [0.15, 0.2) is 0 Å². The van der Waals surface area contributed by atoms with Crippen LogP contribution < -0.4 is 10.1 Å². The molecule has 1 aromatic rings. The van der Waals surface area contributed by atoms with E-state index in [0.29, 0.717) is 5.92 Å². The summed E-state index contributed by atoms with van der Waals surface area (Å²) in [5.41, 5.74) is 0. The third-order valence-electron chi connectivity index (χ3n) is 2.32. The number of ether oxygens (including phenoxy) is 1. The highest BCUT2D eigenvalue weighted by molar-refractivity contribution is 7.99. The lowest BCUT2D eigenvalue weighted by Crippen LogP contribution is -2.21. The Bertz CT molecular complexity index is 304. The maximum atomic E-state index is 5.20. The van der Waals surface area contributed by atoms with Gasteiger partial charge in [0.1, 0.15) is 5.75 Å². The normalized spacial score (nSPS) is 12.4. The largest absolute Gasteiger partial charge is 0.497 e. The fourth-order valence-corrected chi connectivity index (χ4v) is 2.35. The van der Waals surface area contributed by atoms with E-state index in [1.54, 1.807) is 7.11 Å². The van der Waals surface area contributed by atoms with E-state index in [1.165, 1.54) is 4.90 Å². The van der Waals surface area contributed by atoms with Crippen molar-refractivity contribution in [1.82, 2.24) is 5.32 Å². The second-order valence-electron chi connectivity index (χ2n) is 3.90. The molecule has 0 aliphatic heterocycles. The average Bonchev–Trinajstić information content (AvgIpc) is 2.34. The van der Waals surface area contributed by atoms with Crippen LogP contribution in [0.15, 0.2) is 29.2 Å². The highest BCUT2D eigenvalue weighted by Crippen LogP contribution is 2.24. The Morgan fingerprint density at radius 3 is 2.94 bits per heavy atom. The van der Waals surface area contributed by atoms with Gasteiger partial charge >= 0.3 is 0 Å². The second kappa shape index (κ2) is 7.58. The van der Waals surface area contributed by atoms with Gasteiger partial charge in [0.05, 0.1) is 7.11 Å². The Morgan fingerprint density at radius 1 is 1.44 bits per heavy atom. The predicted molar refractivity (Wildman–Crippen MR) is 71.4 cm³/mol. The molecule has 1 atom stereocenters. The molecule has 16 heavy (non-hydrogen) atoms. The van der Waals surface area contributed by atoms with Crippen molar-refractivity contribution in [1.29, 1.82) is 0 Å². The van der Waals surface area contributed by atoms with Crippen LogP contribution in [0.25, 0.3) is 0 Å². The quantitative estimate of drug-likeness (QED) is 0.739. The Labute approximate surface area is 103 Å². The van der Waals surface area contributed by atoms with Gasteiger partial charge in [-0.1, -0.05) is 19.9 Å². The van der Waals surface area contributed by atoms with Crippen LogP contribution in [0.3, 0.4) is 0 Å². The standard InChI is InChI=1S/C13H21NOS/c1-4-14-9-11(2)10-16-13-7-5-6-12(8-13)15-3/h5-8,11,14H,4,9-10H2,1-3H3. The summed E-state index contributed by atoms with van der Waals surface area (Å²) >= 11 is 1.89. The molecule has 0 bridgehead atoms. The van der Waals surface area contributed by atoms with Crippen LogP contribution in [0.1, 0.15) is 13.8 Å². The van der Waals surface area contributed by atoms with Crippen LogP contribution in [0.4, 0.5) is 0 Å². The van der Waals surface area contributed by atoms with Crippen molar-refractivity contribution in [2.75, 3.05) is 26.0 Å². The molecule has 0 fully saturated rings. The summed E-state index contributed by atoms with van der Waals surface area (Å²) in [5.74, 6) is 2.76. The highest BCUT2D eigenvalue weighted by Gasteiger charge is 2.03. The molecule has 0 saturated carbocycles. The van der Waals surface area contributed by atoms with E-state index in [-0.39, 0.29) is 0 Å². The van der Waals surface area contributed by atoms with E-state index < -0.39 is 0 Å². The van der Waals surface area contributed by atoms with Crippen LogP contribution in [-0.2, 0) is 0 Å². The molecule has 1 rings (SSSR count). The van der Waals surface area contributed by atoms with Gasteiger partial charge in [-0.15, -0.1) is 11.8 Å². The Balaban J connectivity index is 2.35. The summed E-state index contributed by atoms with van der Waals surface area (Å²) in [4.78, 5) is 1.28. The third-order valence-corrected chi connectivity index (χ3v) is 3.64. The van der Waals surface area contributed by atoms with Gasteiger partial charge in [-0.3, -0.25) is 0 Å². The van der Waals surface area contributed by atoms with E-state index >= 15 is 0 Å². The molecule has 1 unspecified atom stereocenters. The zero-order valence-electron chi connectivity index (χ0n) is 10.3. The molecule has 90 valence electrons. The zero-order chi connectivity index (χ0) is 11.8. The minimum atomic E-state index is 0.691. The third kappa shape index (κ3) is 4.90. The molecule has 0 amide bonds. The first-order valence-electron chi connectivity index (χ1n) is 5.73. The summed E-state index contributed by atoms with van der Waals surface area (Å²) in [6.45, 7) is 6.55. The van der Waals surface area contributed by atoms with Gasteiger partial charge in [-0.25, -0.2) is 0 Å². The van der Waals surface area contributed by atoms with Crippen molar-refractivity contribution in [2.45, 2.75) is 18.7 Å². The number of methoxy groups -OCH3 is 1. The minimum absolute atomic E-state index is 0.691. The van der Waals surface area contributed by atoms with Crippen molar-refractivity contribution in [3.05, 3.63) is 24.3 Å². The number of benzene rings is 1. The summed E-state index contributed by atoms with van der Waals surface area (Å²) in [6, 6.07) is 8.24. The van der Waals surface area contributed by atoms with E-state index in [4.69, 9.17) is 4.74 Å². The van der Waals surface area contributed by atoms with Gasteiger partial charge < -0.3 is 10.1 Å². The zero-order valence-corrected chi connectivity index (χ0v) is 11.1. The van der Waals surface area contributed by atoms with Crippen molar-refractivity contribution in [2.24, 2.45) is 5.92 Å². The average molecular weight is 239 g/mol. The molecule has 0 aromatic heterocycles. The van der Waals surface area contributed by atoms with E-state index in [9.17, 15) is 0 Å². The summed E-state index contributed by atoms with van der Waals surface area (Å²) in [7, 11) is 1.71. The van der Waals surface area contributed by atoms with Crippen molar-refractivity contribution in [3.63, 3.8) is 0 Å². The molecule has 1 aromatic carbocycles. The highest BCUT2D eigenvalue weighted by atomic mass is 32.2. The second-order valence-corrected chi connectivity index (χ2v) is 5.00. The SMILES string of the molecule is CCNCC(C)CSc1cccc(OC)c1. The number of hydrogen-bond acceptors (Lipinski definition) is 3. The van der Waals surface area contributed by atoms with Crippen LogP contribution >= 0.6 is 11.8 Å². The fraction of sp³-hybridized carbons (Fsp3) is 0.538. The van der Waals surface area contributed by atoms with Crippen molar-refractivity contribution in [3.8, 4) is 5.75 Å². The number of rotatable bonds is 7. The first-order valence-corrected chi connectivity index (χ1v) is 6.72. The van der Waals surface area contributed by atoms with Crippen LogP contribution in [-0.4, -0.2) is 26.0 Å². The Kier molecular flexibility index (Phi) is 6.34. The predicted octanol–water partition coefficient (Wildman–Crippen LogP) is 3.03. The summed E-state index contributed by atoms with van der Waals surface area (Å²) < 4.78 is 5.20. The van der Waals surface area contributed by atoms with Gasteiger partial charge in [-0.05, 0) is 37.2 Å². The van der Waals surface area contributed by atoms with Crippen LogP contribution in [0.2, 0.25) is 0 Å². The van der Waals surface area contributed by atoms with E-state index in [1.807, 2.05) is 23.9 Å². The first kappa shape index (κ1) is 13.4. The van der Waals surface area contributed by atoms with E-state index in [2.05, 4.69) is 31.3 Å². The maximum absolute atomic E-state index is 5.20. The molecular weight excluding hydrogens is 218 g/mol. The Morgan fingerprint density at radius 2 is 2.25 bits per heavy atom. The van der Waals surface area contributed by atoms with Gasteiger partial charge in [0, 0.05) is 10.6 Å².